The van der Waals surface area contributed by atoms with Gasteiger partial charge in [0.25, 0.3) is 5.91 Å². The number of aromatic nitrogens is 1. The average Bonchev–Trinajstić information content (AvgIpc) is 3.02. The summed E-state index contributed by atoms with van der Waals surface area (Å²) in [6, 6.07) is 2.96. The summed E-state index contributed by atoms with van der Waals surface area (Å²) in [7, 11) is 0. The second-order valence-electron chi connectivity index (χ2n) is 7.02. The van der Waals surface area contributed by atoms with Gasteiger partial charge in [0, 0.05) is 22.7 Å². The molecule has 3 aromatic rings. The number of carboxylic acid groups (broad SMARTS) is 1. The lowest BCUT2D eigenvalue weighted by molar-refractivity contribution is -0.138. The molecule has 0 aliphatic carbocycles. The fraction of sp³-hybridized carbons (Fsp3) is 0.190. The topological polar surface area (TPSA) is 109 Å². The van der Waals surface area contributed by atoms with Gasteiger partial charge < -0.3 is 15.5 Å². The molecule has 3 rings (SSSR count). The van der Waals surface area contributed by atoms with Crippen molar-refractivity contribution in [3.05, 3.63) is 64.4 Å². The first-order valence-electron chi connectivity index (χ1n) is 9.16. The van der Waals surface area contributed by atoms with Gasteiger partial charge in [-0.05, 0) is 37.6 Å². The van der Waals surface area contributed by atoms with E-state index in [0.717, 1.165) is 10.6 Å². The fourth-order valence-corrected chi connectivity index (χ4v) is 3.51. The van der Waals surface area contributed by atoms with Crippen LogP contribution >= 0.6 is 0 Å². The highest BCUT2D eigenvalue weighted by molar-refractivity contribution is 6.06. The minimum Gasteiger partial charge on any atom is -0.503 e. The number of carbonyl (C=O) groups is 3. The third-order valence-corrected chi connectivity index (χ3v) is 5.02. The molecule has 3 N–H and O–H groups in total. The molecule has 1 heterocycles. The molecule has 0 unspecified atom stereocenters. The summed E-state index contributed by atoms with van der Waals surface area (Å²) in [6.07, 6.45) is 0. The number of carboxylic acids is 1. The van der Waals surface area contributed by atoms with E-state index in [1.807, 2.05) is 0 Å². The van der Waals surface area contributed by atoms with Crippen molar-refractivity contribution in [1.82, 2.24) is 9.88 Å². The first-order chi connectivity index (χ1) is 15.0. The highest BCUT2D eigenvalue weighted by Gasteiger charge is 2.31. The lowest BCUT2D eigenvalue weighted by atomic mass is 9.96. The second kappa shape index (κ2) is 8.33. The van der Waals surface area contributed by atoms with E-state index >= 15 is 0 Å². The predicted octanol–water partition coefficient (Wildman–Crippen LogP) is 3.20. The molecule has 0 radical (unpaired) electrons. The van der Waals surface area contributed by atoms with E-state index in [1.54, 1.807) is 0 Å². The van der Waals surface area contributed by atoms with Gasteiger partial charge in [0.15, 0.2) is 29.0 Å². The minimum absolute atomic E-state index is 0.0448. The number of phenols is 1. The Kier molecular flexibility index (Phi) is 5.93. The van der Waals surface area contributed by atoms with Crippen LogP contribution in [-0.4, -0.2) is 39.1 Å². The first-order valence-corrected chi connectivity index (χ1v) is 9.16. The van der Waals surface area contributed by atoms with Gasteiger partial charge in [-0.3, -0.25) is 19.0 Å². The Hall–Kier alpha value is -3.89. The molecule has 0 fully saturated rings. The number of rotatable bonds is 5. The number of nitrogens with zero attached hydrogens (tertiary/aromatic N) is 1. The van der Waals surface area contributed by atoms with Crippen molar-refractivity contribution in [3.63, 3.8) is 0 Å². The molecule has 32 heavy (non-hydrogen) atoms. The monoisotopic (exact) mass is 452 g/mol. The van der Waals surface area contributed by atoms with Gasteiger partial charge in [-0.2, -0.15) is 0 Å². The van der Waals surface area contributed by atoms with E-state index < -0.39 is 64.7 Å². The number of aliphatic carboxylic acids is 1. The lowest BCUT2D eigenvalue weighted by Crippen LogP contribution is -2.32. The van der Waals surface area contributed by atoms with Crippen molar-refractivity contribution in [2.75, 3.05) is 6.54 Å². The fourth-order valence-electron chi connectivity index (χ4n) is 3.51. The summed E-state index contributed by atoms with van der Waals surface area (Å²) in [5.41, 5.74) is -0.867. The number of phenolic OH excluding ortho intramolecular Hbond substituents is 1. The summed E-state index contributed by atoms with van der Waals surface area (Å²) >= 11 is 0. The molecular weight excluding hydrogens is 436 g/mol. The summed E-state index contributed by atoms with van der Waals surface area (Å²) < 4.78 is 56.7. The Labute approximate surface area is 177 Å². The average molecular weight is 452 g/mol. The summed E-state index contributed by atoms with van der Waals surface area (Å²) in [5.74, 6) is -11.1. The van der Waals surface area contributed by atoms with E-state index in [4.69, 9.17) is 5.11 Å². The summed E-state index contributed by atoms with van der Waals surface area (Å²) in [4.78, 5) is 36.2. The van der Waals surface area contributed by atoms with Crippen molar-refractivity contribution < 1.29 is 42.2 Å². The minimum atomic E-state index is -1.44. The Bertz CT molecular complexity index is 1290. The van der Waals surface area contributed by atoms with Gasteiger partial charge in [-0.25, -0.2) is 17.6 Å². The van der Waals surface area contributed by atoms with Crippen LogP contribution in [0.4, 0.5) is 17.6 Å². The molecule has 1 aromatic heterocycles. The molecule has 2 aromatic carbocycles. The Morgan fingerprint density at radius 1 is 1.06 bits per heavy atom. The molecule has 0 saturated carbocycles. The Morgan fingerprint density at radius 3 is 2.31 bits per heavy atom. The number of carbonyl (C=O) groups excluding carboxylic acids is 2. The predicted molar refractivity (Wildman–Crippen MR) is 103 cm³/mol. The maximum Gasteiger partial charge on any atom is 0.322 e. The summed E-state index contributed by atoms with van der Waals surface area (Å²) in [5, 5.41) is 20.1. The molecule has 0 spiro atoms. The number of hydrogen-bond donors (Lipinski definition) is 3. The van der Waals surface area contributed by atoms with Gasteiger partial charge in [0.2, 0.25) is 5.91 Å². The van der Waals surface area contributed by atoms with E-state index in [0.29, 0.717) is 18.2 Å². The molecular formula is C21H16F4N2O5. The van der Waals surface area contributed by atoms with Crippen LogP contribution in [0.1, 0.15) is 34.5 Å². The number of nitrogens with one attached hydrogen (secondary N) is 1. The lowest BCUT2D eigenvalue weighted by Gasteiger charge is -2.13. The van der Waals surface area contributed by atoms with E-state index in [2.05, 4.69) is 5.32 Å². The third-order valence-electron chi connectivity index (χ3n) is 5.02. The highest BCUT2D eigenvalue weighted by Crippen LogP contribution is 2.38. The molecule has 11 heteroatoms. The molecule has 0 bridgehead atoms. The number of amides is 1. The molecule has 1 amide bonds. The van der Waals surface area contributed by atoms with Crippen molar-refractivity contribution in [2.45, 2.75) is 19.8 Å². The van der Waals surface area contributed by atoms with Gasteiger partial charge in [-0.15, -0.1) is 0 Å². The summed E-state index contributed by atoms with van der Waals surface area (Å²) in [6.45, 7) is 1.88. The number of hydrogen-bond acceptors (Lipinski definition) is 4. The quantitative estimate of drug-likeness (QED) is 0.516. The van der Waals surface area contributed by atoms with Crippen LogP contribution < -0.4 is 5.32 Å². The van der Waals surface area contributed by atoms with Crippen molar-refractivity contribution >= 4 is 28.7 Å². The zero-order valence-corrected chi connectivity index (χ0v) is 16.7. The van der Waals surface area contributed by atoms with Gasteiger partial charge in [0.05, 0.1) is 11.4 Å². The number of halogens is 4. The SMILES string of the molecule is Cc1c([C@@H](C)C(=O)NCC(=O)O)c2c(F)c(O)c(F)cc2n1C(=O)c1ccc(F)c(F)c1. The molecule has 0 saturated heterocycles. The zero-order valence-electron chi connectivity index (χ0n) is 16.7. The maximum absolute atomic E-state index is 14.9. The number of fused-ring (bicyclic) bond motifs is 1. The van der Waals surface area contributed by atoms with Crippen LogP contribution in [0.5, 0.6) is 5.75 Å². The van der Waals surface area contributed by atoms with Crippen LogP contribution in [0.3, 0.4) is 0 Å². The molecule has 168 valence electrons. The van der Waals surface area contributed by atoms with Crippen molar-refractivity contribution in [1.29, 1.82) is 0 Å². The van der Waals surface area contributed by atoms with Crippen LogP contribution in [0.15, 0.2) is 24.3 Å². The smallest absolute Gasteiger partial charge is 0.322 e. The van der Waals surface area contributed by atoms with Crippen molar-refractivity contribution in [2.24, 2.45) is 0 Å². The van der Waals surface area contributed by atoms with Crippen LogP contribution in [0.2, 0.25) is 0 Å². The number of aromatic hydroxyl groups is 1. The van der Waals surface area contributed by atoms with Crippen LogP contribution in [0.25, 0.3) is 10.9 Å². The van der Waals surface area contributed by atoms with Crippen LogP contribution in [0, 0.1) is 30.2 Å². The standard InChI is InChI=1S/C21H16F4N2O5/c1-8(20(31)26-7-15(28)29)16-9(2)27(14-6-13(24)19(30)18(25)17(14)16)21(32)10-3-4-11(22)12(23)5-10/h3-6,8,30H,7H2,1-2H3,(H,26,31)(H,28,29)/t8-/m1/s1. The molecule has 7 nitrogen and oxygen atoms in total. The van der Waals surface area contributed by atoms with Crippen molar-refractivity contribution in [3.8, 4) is 5.75 Å². The Morgan fingerprint density at radius 2 is 1.72 bits per heavy atom. The van der Waals surface area contributed by atoms with Gasteiger partial charge >= 0.3 is 5.97 Å². The van der Waals surface area contributed by atoms with E-state index in [9.17, 15) is 37.1 Å². The zero-order chi connectivity index (χ0) is 23.9. The van der Waals surface area contributed by atoms with E-state index in [-0.39, 0.29) is 22.3 Å². The van der Waals surface area contributed by atoms with E-state index in [1.165, 1.54) is 13.8 Å². The largest absolute Gasteiger partial charge is 0.503 e. The second-order valence-corrected chi connectivity index (χ2v) is 7.02. The maximum atomic E-state index is 14.9. The first kappa shape index (κ1) is 22.8. The molecule has 0 aliphatic rings. The normalized spacial score (nSPS) is 12.1. The number of benzene rings is 2. The third kappa shape index (κ3) is 3.77. The highest BCUT2D eigenvalue weighted by atomic mass is 19.2. The Balaban J connectivity index is 2.27. The van der Waals surface area contributed by atoms with Gasteiger partial charge in [0.1, 0.15) is 6.54 Å². The molecule has 1 atom stereocenters. The van der Waals surface area contributed by atoms with Crippen LogP contribution in [-0.2, 0) is 9.59 Å². The van der Waals surface area contributed by atoms with Gasteiger partial charge in [-0.1, -0.05) is 0 Å². The molecule has 0 aliphatic heterocycles.